The van der Waals surface area contributed by atoms with Gasteiger partial charge < -0.3 is 5.32 Å². The largest absolute Gasteiger partial charge is 0.322 e. The molecule has 30 heavy (non-hydrogen) atoms. The number of rotatable bonds is 2. The zero-order valence-electron chi connectivity index (χ0n) is 16.4. The number of anilines is 1. The third-order valence-electron chi connectivity index (χ3n) is 4.51. The van der Waals surface area contributed by atoms with Crippen molar-refractivity contribution in [2.24, 2.45) is 0 Å². The second kappa shape index (κ2) is 8.10. The number of carbonyl (C=O) groups is 1. The molecule has 0 saturated heterocycles. The molecule has 0 saturated carbocycles. The highest BCUT2D eigenvalue weighted by Gasteiger charge is 2.16. The van der Waals surface area contributed by atoms with Gasteiger partial charge in [-0.3, -0.25) is 4.79 Å². The van der Waals surface area contributed by atoms with E-state index in [9.17, 15) is 9.18 Å². The smallest absolute Gasteiger partial charge is 0.258 e. The van der Waals surface area contributed by atoms with Gasteiger partial charge in [-0.2, -0.15) is 0 Å². The zero-order valence-corrected chi connectivity index (χ0v) is 16.4. The molecular formula is C24H17FN4O. The van der Waals surface area contributed by atoms with Gasteiger partial charge in [0.25, 0.3) is 5.91 Å². The zero-order chi connectivity index (χ0) is 21.1. The van der Waals surface area contributed by atoms with Crippen LogP contribution in [-0.2, 0) is 0 Å². The van der Waals surface area contributed by atoms with Gasteiger partial charge in [-0.05, 0) is 56.2 Å². The minimum Gasteiger partial charge on any atom is -0.322 e. The van der Waals surface area contributed by atoms with E-state index < -0.39 is 11.7 Å². The van der Waals surface area contributed by atoms with E-state index in [0.29, 0.717) is 39.4 Å². The number of hydrogen-bond donors (Lipinski definition) is 1. The first-order chi connectivity index (χ1) is 14.5. The summed E-state index contributed by atoms with van der Waals surface area (Å²) in [6.45, 7) is 3.60. The molecule has 0 aliphatic carbocycles. The van der Waals surface area contributed by atoms with Crippen LogP contribution >= 0.6 is 0 Å². The summed E-state index contributed by atoms with van der Waals surface area (Å²) in [6, 6.07) is 15.1. The van der Waals surface area contributed by atoms with E-state index in [1.165, 1.54) is 12.1 Å². The number of hydrogen-bond acceptors (Lipinski definition) is 4. The fraction of sp³-hybridized carbons (Fsp3) is 0.0833. The van der Waals surface area contributed by atoms with E-state index in [2.05, 4.69) is 32.1 Å². The second-order valence-corrected chi connectivity index (χ2v) is 6.72. The minimum atomic E-state index is -0.541. The molecule has 5 nitrogen and oxygen atoms in total. The quantitative estimate of drug-likeness (QED) is 0.509. The van der Waals surface area contributed by atoms with E-state index in [4.69, 9.17) is 0 Å². The SMILES string of the molecule is Cc1nc2cc(F)cc(C(=O)Nc3cccc(C#Cc4ccccn4)c3)c2nc1C. The second-order valence-electron chi connectivity index (χ2n) is 6.72. The number of nitrogens with one attached hydrogen (secondary N) is 1. The molecule has 0 aliphatic rings. The maximum atomic E-state index is 14.1. The Morgan fingerprint density at radius 2 is 1.80 bits per heavy atom. The van der Waals surface area contributed by atoms with Gasteiger partial charge in [0.05, 0.1) is 22.5 Å². The fourth-order valence-corrected chi connectivity index (χ4v) is 2.92. The van der Waals surface area contributed by atoms with Gasteiger partial charge in [0, 0.05) is 23.5 Å². The minimum absolute atomic E-state index is 0.130. The summed E-state index contributed by atoms with van der Waals surface area (Å²) >= 11 is 0. The summed E-state index contributed by atoms with van der Waals surface area (Å²) < 4.78 is 14.1. The summed E-state index contributed by atoms with van der Waals surface area (Å²) in [7, 11) is 0. The number of amides is 1. The van der Waals surface area contributed by atoms with Crippen LogP contribution in [0.1, 0.15) is 33.0 Å². The molecule has 146 valence electrons. The van der Waals surface area contributed by atoms with Gasteiger partial charge in [0.1, 0.15) is 17.0 Å². The summed E-state index contributed by atoms with van der Waals surface area (Å²) in [5.74, 6) is 4.99. The first-order valence-electron chi connectivity index (χ1n) is 9.28. The molecule has 2 aromatic heterocycles. The van der Waals surface area contributed by atoms with Crippen LogP contribution in [0.4, 0.5) is 10.1 Å². The van der Waals surface area contributed by atoms with Gasteiger partial charge in [-0.25, -0.2) is 19.3 Å². The number of aryl methyl sites for hydroxylation is 2. The van der Waals surface area contributed by atoms with Crippen LogP contribution in [0.15, 0.2) is 60.8 Å². The van der Waals surface area contributed by atoms with Gasteiger partial charge in [0.2, 0.25) is 0 Å². The molecule has 0 aliphatic heterocycles. The summed E-state index contributed by atoms with van der Waals surface area (Å²) in [5.41, 5.74) is 4.14. The van der Waals surface area contributed by atoms with Crippen LogP contribution in [0.3, 0.4) is 0 Å². The van der Waals surface area contributed by atoms with Crippen LogP contribution in [0.5, 0.6) is 0 Å². The van der Waals surface area contributed by atoms with Crippen molar-refractivity contribution in [1.82, 2.24) is 15.0 Å². The van der Waals surface area contributed by atoms with Gasteiger partial charge in [-0.15, -0.1) is 0 Å². The number of nitrogens with zero attached hydrogens (tertiary/aromatic N) is 3. The molecule has 2 aromatic carbocycles. The molecule has 0 spiro atoms. The van der Waals surface area contributed by atoms with Crippen molar-refractivity contribution in [3.8, 4) is 11.8 Å². The van der Waals surface area contributed by atoms with Crippen LogP contribution in [0.25, 0.3) is 11.0 Å². The standard InChI is InChI=1S/C24H17FN4O/c1-15-16(2)28-23-21(13-18(25)14-22(23)27-15)24(30)29-20-8-5-6-17(12-20)9-10-19-7-3-4-11-26-19/h3-8,11-14H,1-2H3,(H,29,30). The molecule has 2 heterocycles. The van der Waals surface area contributed by atoms with Gasteiger partial charge >= 0.3 is 0 Å². The Bertz CT molecular complexity index is 1320. The van der Waals surface area contributed by atoms with E-state index in [1.807, 2.05) is 24.3 Å². The number of aromatic nitrogens is 3. The molecule has 0 bridgehead atoms. The Morgan fingerprint density at radius 3 is 2.60 bits per heavy atom. The van der Waals surface area contributed by atoms with Crippen molar-refractivity contribution >= 4 is 22.6 Å². The van der Waals surface area contributed by atoms with Crippen molar-refractivity contribution in [2.75, 3.05) is 5.32 Å². The first kappa shape index (κ1) is 19.2. The summed E-state index contributed by atoms with van der Waals surface area (Å²) in [6.07, 6.45) is 1.68. The predicted molar refractivity (Wildman–Crippen MR) is 114 cm³/mol. The van der Waals surface area contributed by atoms with E-state index in [-0.39, 0.29) is 5.56 Å². The molecule has 4 aromatic rings. The molecule has 0 radical (unpaired) electrons. The van der Waals surface area contributed by atoms with Crippen molar-refractivity contribution < 1.29 is 9.18 Å². The van der Waals surface area contributed by atoms with Crippen molar-refractivity contribution in [3.05, 3.63) is 94.8 Å². The average molecular weight is 396 g/mol. The summed E-state index contributed by atoms with van der Waals surface area (Å²) in [4.78, 5) is 25.8. The lowest BCUT2D eigenvalue weighted by Crippen LogP contribution is -2.14. The number of benzene rings is 2. The van der Waals surface area contributed by atoms with Crippen molar-refractivity contribution in [3.63, 3.8) is 0 Å². The Kier molecular flexibility index (Phi) is 5.19. The highest BCUT2D eigenvalue weighted by molar-refractivity contribution is 6.11. The van der Waals surface area contributed by atoms with E-state index >= 15 is 0 Å². The Balaban J connectivity index is 1.64. The van der Waals surface area contributed by atoms with E-state index in [1.54, 1.807) is 38.2 Å². The lowest BCUT2D eigenvalue weighted by molar-refractivity contribution is 0.102. The molecule has 1 amide bonds. The van der Waals surface area contributed by atoms with Crippen LogP contribution in [0, 0.1) is 31.5 Å². The van der Waals surface area contributed by atoms with E-state index in [0.717, 1.165) is 0 Å². The predicted octanol–water partition coefficient (Wildman–Crippen LogP) is 4.43. The molecule has 4 rings (SSSR count). The molecule has 0 unspecified atom stereocenters. The van der Waals surface area contributed by atoms with Crippen LogP contribution in [-0.4, -0.2) is 20.9 Å². The first-order valence-corrected chi connectivity index (χ1v) is 9.28. The van der Waals surface area contributed by atoms with Crippen molar-refractivity contribution in [1.29, 1.82) is 0 Å². The molecular weight excluding hydrogens is 379 g/mol. The topological polar surface area (TPSA) is 67.8 Å². The van der Waals surface area contributed by atoms with Crippen LogP contribution < -0.4 is 5.32 Å². The highest BCUT2D eigenvalue weighted by atomic mass is 19.1. The number of fused-ring (bicyclic) bond motifs is 1. The Hall–Kier alpha value is -4.11. The molecule has 0 atom stereocenters. The number of halogens is 1. The maximum absolute atomic E-state index is 14.1. The third-order valence-corrected chi connectivity index (χ3v) is 4.51. The van der Waals surface area contributed by atoms with Crippen molar-refractivity contribution in [2.45, 2.75) is 13.8 Å². The monoisotopic (exact) mass is 396 g/mol. The van der Waals surface area contributed by atoms with Crippen LogP contribution in [0.2, 0.25) is 0 Å². The number of pyridine rings is 1. The third kappa shape index (κ3) is 4.15. The van der Waals surface area contributed by atoms with Gasteiger partial charge in [-0.1, -0.05) is 18.1 Å². The molecule has 0 fully saturated rings. The maximum Gasteiger partial charge on any atom is 0.258 e. The average Bonchev–Trinajstić information content (AvgIpc) is 2.74. The molecule has 1 N–H and O–H groups in total. The highest BCUT2D eigenvalue weighted by Crippen LogP contribution is 2.21. The number of carbonyl (C=O) groups excluding carboxylic acids is 1. The van der Waals surface area contributed by atoms with Gasteiger partial charge in [0.15, 0.2) is 0 Å². The Labute approximate surface area is 173 Å². The Morgan fingerprint density at radius 1 is 0.967 bits per heavy atom. The fourth-order valence-electron chi connectivity index (χ4n) is 2.92. The molecule has 6 heteroatoms. The lowest BCUT2D eigenvalue weighted by atomic mass is 10.1. The lowest BCUT2D eigenvalue weighted by Gasteiger charge is -2.10. The summed E-state index contributed by atoms with van der Waals surface area (Å²) in [5, 5.41) is 2.79. The normalized spacial score (nSPS) is 10.4.